The summed E-state index contributed by atoms with van der Waals surface area (Å²) < 4.78 is 11.4. The molecule has 1 saturated heterocycles. The molecule has 0 bridgehead atoms. The van der Waals surface area contributed by atoms with Crippen molar-refractivity contribution in [1.82, 2.24) is 0 Å². The third-order valence-corrected chi connectivity index (χ3v) is 2.93. The van der Waals surface area contributed by atoms with Crippen molar-refractivity contribution in [3.05, 3.63) is 0 Å². The van der Waals surface area contributed by atoms with E-state index in [0.717, 1.165) is 44.8 Å². The van der Waals surface area contributed by atoms with Crippen molar-refractivity contribution in [2.75, 3.05) is 19.1 Å². The molecule has 1 aliphatic heterocycles. The second-order valence-corrected chi connectivity index (χ2v) is 4.24. The van der Waals surface area contributed by atoms with Gasteiger partial charge in [-0.2, -0.15) is 0 Å². The molecule has 2 nitrogen and oxygen atoms in total. The van der Waals surface area contributed by atoms with E-state index in [1.54, 1.807) is 0 Å². The first-order valence-corrected chi connectivity index (χ1v) is 6.20. The Labute approximate surface area is 91.9 Å². The zero-order chi connectivity index (χ0) is 10.3. The Hall–Kier alpha value is 0.210. The average Bonchev–Trinajstić information content (AvgIpc) is 2.65. The highest BCUT2D eigenvalue weighted by atomic mass is 35.5. The Morgan fingerprint density at radius 3 is 2.29 bits per heavy atom. The number of unbranched alkanes of at least 4 members (excludes halogenated alkanes) is 2. The number of hydrogen-bond donors (Lipinski definition) is 0. The van der Waals surface area contributed by atoms with E-state index in [-0.39, 0.29) is 5.79 Å². The van der Waals surface area contributed by atoms with Crippen LogP contribution in [0.2, 0.25) is 0 Å². The molecule has 1 rings (SSSR count). The first kappa shape index (κ1) is 12.3. The molecular weight excluding hydrogens is 200 g/mol. The van der Waals surface area contributed by atoms with E-state index >= 15 is 0 Å². The van der Waals surface area contributed by atoms with Crippen molar-refractivity contribution in [3.8, 4) is 0 Å². The van der Waals surface area contributed by atoms with Crippen LogP contribution in [0.5, 0.6) is 0 Å². The summed E-state index contributed by atoms with van der Waals surface area (Å²) in [5.74, 6) is 0.478. The standard InChI is InChI=1S/C11H21ClO2/c1-2-3-6-11(7-4-5-8-12)13-9-10-14-11/h2-10H2,1H3. The van der Waals surface area contributed by atoms with E-state index in [1.807, 2.05) is 0 Å². The Morgan fingerprint density at radius 2 is 1.71 bits per heavy atom. The third-order valence-electron chi connectivity index (χ3n) is 2.67. The predicted octanol–water partition coefficient (Wildman–Crippen LogP) is 3.33. The Bertz CT molecular complexity index is 144. The summed E-state index contributed by atoms with van der Waals surface area (Å²) in [4.78, 5) is 0. The number of alkyl halides is 1. The molecule has 0 atom stereocenters. The molecule has 0 amide bonds. The van der Waals surface area contributed by atoms with Crippen molar-refractivity contribution < 1.29 is 9.47 Å². The van der Waals surface area contributed by atoms with Crippen LogP contribution in [-0.2, 0) is 9.47 Å². The van der Waals surface area contributed by atoms with Crippen molar-refractivity contribution in [2.24, 2.45) is 0 Å². The van der Waals surface area contributed by atoms with Gasteiger partial charge in [-0.25, -0.2) is 0 Å². The molecule has 0 aromatic carbocycles. The maximum Gasteiger partial charge on any atom is 0.168 e. The summed E-state index contributed by atoms with van der Waals surface area (Å²) in [5.41, 5.74) is 0. The number of halogens is 1. The minimum atomic E-state index is -0.262. The van der Waals surface area contributed by atoms with Crippen LogP contribution < -0.4 is 0 Å². The van der Waals surface area contributed by atoms with Gasteiger partial charge in [0, 0.05) is 18.7 Å². The maximum absolute atomic E-state index is 5.72. The highest BCUT2D eigenvalue weighted by Crippen LogP contribution is 2.30. The van der Waals surface area contributed by atoms with Crippen LogP contribution >= 0.6 is 11.6 Å². The fourth-order valence-electron chi connectivity index (χ4n) is 1.85. The lowest BCUT2D eigenvalue weighted by Crippen LogP contribution is -2.29. The Kier molecular flexibility index (Phi) is 5.83. The largest absolute Gasteiger partial charge is 0.348 e. The van der Waals surface area contributed by atoms with Crippen LogP contribution in [0.15, 0.2) is 0 Å². The van der Waals surface area contributed by atoms with E-state index < -0.39 is 0 Å². The van der Waals surface area contributed by atoms with Crippen molar-refractivity contribution in [3.63, 3.8) is 0 Å². The summed E-state index contributed by atoms with van der Waals surface area (Å²) >= 11 is 5.66. The van der Waals surface area contributed by atoms with Gasteiger partial charge in [-0.15, -0.1) is 11.6 Å². The summed E-state index contributed by atoms with van der Waals surface area (Å²) in [7, 11) is 0. The van der Waals surface area contributed by atoms with E-state index in [1.165, 1.54) is 12.8 Å². The van der Waals surface area contributed by atoms with E-state index in [0.29, 0.717) is 0 Å². The molecule has 1 fully saturated rings. The van der Waals surface area contributed by atoms with Crippen molar-refractivity contribution in [1.29, 1.82) is 0 Å². The summed E-state index contributed by atoms with van der Waals surface area (Å²) in [5, 5.41) is 0. The van der Waals surface area contributed by atoms with Crippen LogP contribution in [0.4, 0.5) is 0 Å². The highest BCUT2D eigenvalue weighted by molar-refractivity contribution is 6.17. The van der Waals surface area contributed by atoms with Gasteiger partial charge >= 0.3 is 0 Å². The fraction of sp³-hybridized carbons (Fsp3) is 1.00. The summed E-state index contributed by atoms with van der Waals surface area (Å²) in [6.45, 7) is 3.70. The predicted molar refractivity (Wildman–Crippen MR) is 58.7 cm³/mol. The maximum atomic E-state index is 5.72. The second-order valence-electron chi connectivity index (χ2n) is 3.86. The number of rotatable bonds is 7. The lowest BCUT2D eigenvalue weighted by molar-refractivity contribution is -0.168. The molecule has 0 aliphatic carbocycles. The van der Waals surface area contributed by atoms with E-state index in [4.69, 9.17) is 21.1 Å². The lowest BCUT2D eigenvalue weighted by Gasteiger charge is -2.27. The van der Waals surface area contributed by atoms with Crippen LogP contribution in [-0.4, -0.2) is 24.9 Å². The lowest BCUT2D eigenvalue weighted by atomic mass is 10.0. The average molecular weight is 221 g/mol. The monoisotopic (exact) mass is 220 g/mol. The number of hydrogen-bond acceptors (Lipinski definition) is 2. The molecule has 0 unspecified atom stereocenters. The molecule has 1 heterocycles. The molecule has 0 N–H and O–H groups in total. The SMILES string of the molecule is CCCCC1(CCCCCl)OCCO1. The topological polar surface area (TPSA) is 18.5 Å². The normalized spacial score (nSPS) is 20.1. The quantitative estimate of drug-likeness (QED) is 0.484. The molecule has 0 aromatic rings. The van der Waals surface area contributed by atoms with Gasteiger partial charge in [-0.05, 0) is 19.3 Å². The van der Waals surface area contributed by atoms with Crippen LogP contribution in [0, 0.1) is 0 Å². The molecule has 0 spiro atoms. The van der Waals surface area contributed by atoms with Crippen molar-refractivity contribution in [2.45, 2.75) is 51.2 Å². The first-order chi connectivity index (χ1) is 6.83. The molecule has 0 aromatic heterocycles. The van der Waals surface area contributed by atoms with Gasteiger partial charge in [0.2, 0.25) is 0 Å². The van der Waals surface area contributed by atoms with Gasteiger partial charge in [0.15, 0.2) is 5.79 Å². The molecule has 0 saturated carbocycles. The molecule has 14 heavy (non-hydrogen) atoms. The van der Waals surface area contributed by atoms with Crippen molar-refractivity contribution >= 4 is 11.6 Å². The molecular formula is C11H21ClO2. The minimum absolute atomic E-state index is 0.262. The van der Waals surface area contributed by atoms with Crippen LogP contribution in [0.25, 0.3) is 0 Å². The Balaban J connectivity index is 2.28. The van der Waals surface area contributed by atoms with E-state index in [2.05, 4.69) is 6.92 Å². The van der Waals surface area contributed by atoms with Crippen LogP contribution in [0.1, 0.15) is 45.4 Å². The Morgan fingerprint density at radius 1 is 1.07 bits per heavy atom. The third kappa shape index (κ3) is 3.76. The van der Waals surface area contributed by atoms with E-state index in [9.17, 15) is 0 Å². The summed E-state index contributed by atoms with van der Waals surface area (Å²) in [6.07, 6.45) is 6.58. The van der Waals surface area contributed by atoms with Gasteiger partial charge in [0.1, 0.15) is 0 Å². The highest BCUT2D eigenvalue weighted by Gasteiger charge is 2.34. The minimum Gasteiger partial charge on any atom is -0.348 e. The molecule has 84 valence electrons. The van der Waals surface area contributed by atoms with Gasteiger partial charge in [0.25, 0.3) is 0 Å². The smallest absolute Gasteiger partial charge is 0.168 e. The van der Waals surface area contributed by atoms with Crippen LogP contribution in [0.3, 0.4) is 0 Å². The first-order valence-electron chi connectivity index (χ1n) is 5.67. The number of ether oxygens (including phenoxy) is 2. The molecule has 0 radical (unpaired) electrons. The zero-order valence-electron chi connectivity index (χ0n) is 9.06. The van der Waals surface area contributed by atoms with Gasteiger partial charge in [-0.1, -0.05) is 13.3 Å². The van der Waals surface area contributed by atoms with Gasteiger partial charge < -0.3 is 9.47 Å². The van der Waals surface area contributed by atoms with Gasteiger partial charge in [-0.3, -0.25) is 0 Å². The molecule has 1 aliphatic rings. The molecule has 3 heteroatoms. The second kappa shape index (κ2) is 6.65. The summed E-state index contributed by atoms with van der Waals surface area (Å²) in [6, 6.07) is 0. The fourth-order valence-corrected chi connectivity index (χ4v) is 2.03. The zero-order valence-corrected chi connectivity index (χ0v) is 9.81. The van der Waals surface area contributed by atoms with Gasteiger partial charge in [0.05, 0.1) is 13.2 Å².